The van der Waals surface area contributed by atoms with Crippen LogP contribution in [-0.4, -0.2) is 34.1 Å². The number of H-pyrrole nitrogens is 1. The molecule has 1 aromatic carbocycles. The predicted molar refractivity (Wildman–Crippen MR) is 82.3 cm³/mol. The topological polar surface area (TPSA) is 75.0 Å². The Balaban J connectivity index is 1.78. The molecule has 0 aliphatic carbocycles. The van der Waals surface area contributed by atoms with Crippen molar-refractivity contribution in [3.05, 3.63) is 46.7 Å². The van der Waals surface area contributed by atoms with Gasteiger partial charge in [-0.05, 0) is 37.1 Å². The van der Waals surface area contributed by atoms with Gasteiger partial charge in [0, 0.05) is 36.6 Å². The number of benzene rings is 1. The number of likely N-dealkylation sites (tertiary alicyclic amines) is 1. The van der Waals surface area contributed by atoms with Gasteiger partial charge in [0.05, 0.1) is 10.6 Å². The standard InChI is InChI=1S/C15H17ClN4O/c16-13-8-11(17)3-4-12(13)15(21)20-7-1-2-10(9-20)14-5-6-18-19-14/h3-6,8,10H,1-2,7,9,17H2,(H,18,19). The highest BCUT2D eigenvalue weighted by molar-refractivity contribution is 6.34. The Morgan fingerprint density at radius 2 is 2.29 bits per heavy atom. The first kappa shape index (κ1) is 13.9. The van der Waals surface area contributed by atoms with Gasteiger partial charge in [-0.15, -0.1) is 0 Å². The summed E-state index contributed by atoms with van der Waals surface area (Å²) in [5, 5.41) is 7.39. The van der Waals surface area contributed by atoms with E-state index in [4.69, 9.17) is 17.3 Å². The highest BCUT2D eigenvalue weighted by atomic mass is 35.5. The van der Waals surface area contributed by atoms with E-state index in [1.807, 2.05) is 11.0 Å². The van der Waals surface area contributed by atoms with Gasteiger partial charge in [-0.25, -0.2) is 0 Å². The van der Waals surface area contributed by atoms with Crippen molar-refractivity contribution in [2.45, 2.75) is 18.8 Å². The van der Waals surface area contributed by atoms with Gasteiger partial charge in [-0.2, -0.15) is 5.10 Å². The SMILES string of the molecule is Nc1ccc(C(=O)N2CCCC(c3ccn[nH]3)C2)c(Cl)c1. The summed E-state index contributed by atoms with van der Waals surface area (Å²) in [5.41, 5.74) is 7.82. The van der Waals surface area contributed by atoms with Gasteiger partial charge in [0.2, 0.25) is 0 Å². The lowest BCUT2D eigenvalue weighted by Crippen LogP contribution is -2.39. The van der Waals surface area contributed by atoms with Crippen LogP contribution in [0.3, 0.4) is 0 Å². The number of aromatic amines is 1. The number of nitrogens with two attached hydrogens (primary N) is 1. The van der Waals surface area contributed by atoms with E-state index in [9.17, 15) is 4.79 Å². The second-order valence-corrected chi connectivity index (χ2v) is 5.75. The second kappa shape index (κ2) is 5.77. The normalized spacial score (nSPS) is 18.7. The summed E-state index contributed by atoms with van der Waals surface area (Å²) in [5.74, 6) is 0.266. The Morgan fingerprint density at radius 3 is 3.00 bits per heavy atom. The Hall–Kier alpha value is -2.01. The number of aromatic nitrogens is 2. The third kappa shape index (κ3) is 2.88. The van der Waals surface area contributed by atoms with Gasteiger partial charge < -0.3 is 10.6 Å². The molecule has 110 valence electrons. The van der Waals surface area contributed by atoms with Crippen LogP contribution >= 0.6 is 11.6 Å². The minimum absolute atomic E-state index is 0.0378. The van der Waals surface area contributed by atoms with Crippen LogP contribution in [0.15, 0.2) is 30.5 Å². The van der Waals surface area contributed by atoms with Crippen LogP contribution in [0.5, 0.6) is 0 Å². The number of carbonyl (C=O) groups excluding carboxylic acids is 1. The smallest absolute Gasteiger partial charge is 0.255 e. The van der Waals surface area contributed by atoms with Crippen molar-refractivity contribution in [2.24, 2.45) is 0 Å². The number of anilines is 1. The Bertz CT molecular complexity index is 641. The number of rotatable bonds is 2. The molecule has 0 spiro atoms. The molecule has 1 aliphatic heterocycles. The number of hydrogen-bond acceptors (Lipinski definition) is 3. The number of nitrogens with zero attached hydrogens (tertiary/aromatic N) is 2. The van der Waals surface area contributed by atoms with Crippen LogP contribution in [0, 0.1) is 0 Å². The third-order valence-corrected chi connectivity index (χ3v) is 4.21. The van der Waals surface area contributed by atoms with Crippen LogP contribution in [0.4, 0.5) is 5.69 Å². The molecule has 1 unspecified atom stereocenters. The number of nitrogen functional groups attached to an aromatic ring is 1. The van der Waals surface area contributed by atoms with Gasteiger partial charge in [0.1, 0.15) is 0 Å². The van der Waals surface area contributed by atoms with Crippen LogP contribution in [0.1, 0.15) is 34.8 Å². The number of carbonyl (C=O) groups is 1. The molecule has 3 N–H and O–H groups in total. The average molecular weight is 305 g/mol. The lowest BCUT2D eigenvalue weighted by Gasteiger charge is -2.32. The van der Waals surface area contributed by atoms with Crippen LogP contribution in [-0.2, 0) is 0 Å². The zero-order chi connectivity index (χ0) is 14.8. The number of piperidine rings is 1. The van der Waals surface area contributed by atoms with E-state index in [0.717, 1.165) is 25.1 Å². The fraction of sp³-hybridized carbons (Fsp3) is 0.333. The highest BCUT2D eigenvalue weighted by Crippen LogP contribution is 2.28. The van der Waals surface area contributed by atoms with Crippen molar-refractivity contribution in [3.8, 4) is 0 Å². The first-order valence-electron chi connectivity index (χ1n) is 6.98. The molecule has 21 heavy (non-hydrogen) atoms. The fourth-order valence-electron chi connectivity index (χ4n) is 2.78. The average Bonchev–Trinajstić information content (AvgIpc) is 3.01. The number of halogens is 1. The maximum atomic E-state index is 12.6. The first-order chi connectivity index (χ1) is 10.1. The molecule has 1 amide bonds. The quantitative estimate of drug-likeness (QED) is 0.838. The van der Waals surface area contributed by atoms with E-state index in [0.29, 0.717) is 28.7 Å². The molecule has 6 heteroatoms. The van der Waals surface area contributed by atoms with Gasteiger partial charge in [0.15, 0.2) is 0 Å². The van der Waals surface area contributed by atoms with Gasteiger partial charge in [-0.1, -0.05) is 11.6 Å². The van der Waals surface area contributed by atoms with Crippen molar-refractivity contribution >= 4 is 23.2 Å². The summed E-state index contributed by atoms with van der Waals surface area (Å²) in [7, 11) is 0. The fourth-order valence-corrected chi connectivity index (χ4v) is 3.05. The zero-order valence-corrected chi connectivity index (χ0v) is 12.3. The summed E-state index contributed by atoms with van der Waals surface area (Å²) in [6.07, 6.45) is 3.77. The first-order valence-corrected chi connectivity index (χ1v) is 7.36. The van der Waals surface area contributed by atoms with Crippen molar-refractivity contribution in [1.82, 2.24) is 15.1 Å². The summed E-state index contributed by atoms with van der Waals surface area (Å²) in [6, 6.07) is 6.98. The monoisotopic (exact) mass is 304 g/mol. The lowest BCUT2D eigenvalue weighted by atomic mass is 9.94. The van der Waals surface area contributed by atoms with Gasteiger partial charge in [-0.3, -0.25) is 9.89 Å². The molecular formula is C15H17ClN4O. The minimum Gasteiger partial charge on any atom is -0.399 e. The van der Waals surface area contributed by atoms with Crippen molar-refractivity contribution in [2.75, 3.05) is 18.8 Å². The largest absolute Gasteiger partial charge is 0.399 e. The molecule has 2 aromatic rings. The summed E-state index contributed by atoms with van der Waals surface area (Å²) in [6.45, 7) is 1.44. The molecule has 2 heterocycles. The Morgan fingerprint density at radius 1 is 1.43 bits per heavy atom. The molecule has 1 aromatic heterocycles. The summed E-state index contributed by atoms with van der Waals surface area (Å²) >= 11 is 6.14. The molecule has 0 radical (unpaired) electrons. The predicted octanol–water partition coefficient (Wildman–Crippen LogP) is 2.67. The Labute approximate surface area is 128 Å². The van der Waals surface area contributed by atoms with E-state index >= 15 is 0 Å². The Kier molecular flexibility index (Phi) is 3.84. The van der Waals surface area contributed by atoms with Crippen molar-refractivity contribution in [3.63, 3.8) is 0 Å². The molecule has 0 saturated carbocycles. The van der Waals surface area contributed by atoms with Gasteiger partial charge >= 0.3 is 0 Å². The lowest BCUT2D eigenvalue weighted by molar-refractivity contribution is 0.0706. The zero-order valence-electron chi connectivity index (χ0n) is 11.6. The molecule has 1 fully saturated rings. The molecule has 1 aliphatic rings. The molecule has 0 bridgehead atoms. The van der Waals surface area contributed by atoms with Gasteiger partial charge in [0.25, 0.3) is 5.91 Å². The maximum absolute atomic E-state index is 12.6. The second-order valence-electron chi connectivity index (χ2n) is 5.34. The van der Waals surface area contributed by atoms with Crippen molar-refractivity contribution < 1.29 is 4.79 Å². The number of amides is 1. The van der Waals surface area contributed by atoms with Crippen LogP contribution in [0.25, 0.3) is 0 Å². The van der Waals surface area contributed by atoms with E-state index in [2.05, 4.69) is 10.2 Å². The van der Waals surface area contributed by atoms with Crippen molar-refractivity contribution in [1.29, 1.82) is 0 Å². The third-order valence-electron chi connectivity index (χ3n) is 3.89. The highest BCUT2D eigenvalue weighted by Gasteiger charge is 2.27. The molecule has 5 nitrogen and oxygen atoms in total. The molecule has 1 saturated heterocycles. The summed E-state index contributed by atoms with van der Waals surface area (Å²) < 4.78 is 0. The minimum atomic E-state index is -0.0378. The van der Waals surface area contributed by atoms with Crippen LogP contribution in [0.2, 0.25) is 5.02 Å². The maximum Gasteiger partial charge on any atom is 0.255 e. The number of hydrogen-bond donors (Lipinski definition) is 2. The molecule has 3 rings (SSSR count). The molecular weight excluding hydrogens is 288 g/mol. The van der Waals surface area contributed by atoms with E-state index in [1.165, 1.54) is 0 Å². The number of nitrogens with one attached hydrogen (secondary N) is 1. The molecule has 1 atom stereocenters. The van der Waals surface area contributed by atoms with Crippen LogP contribution < -0.4 is 5.73 Å². The van der Waals surface area contributed by atoms with E-state index in [1.54, 1.807) is 24.4 Å². The van der Waals surface area contributed by atoms with E-state index in [-0.39, 0.29) is 5.91 Å². The van der Waals surface area contributed by atoms with E-state index < -0.39 is 0 Å². The summed E-state index contributed by atoms with van der Waals surface area (Å²) in [4.78, 5) is 14.5.